The lowest BCUT2D eigenvalue weighted by atomic mass is 10.1. The number of anilines is 1. The van der Waals surface area contributed by atoms with Crippen molar-refractivity contribution in [2.24, 2.45) is 0 Å². The van der Waals surface area contributed by atoms with Crippen LogP contribution in [0.5, 0.6) is 0 Å². The van der Waals surface area contributed by atoms with E-state index in [1.165, 1.54) is 36.1 Å². The number of hydrogen-bond acceptors (Lipinski definition) is 4. The van der Waals surface area contributed by atoms with Crippen molar-refractivity contribution in [3.8, 4) is 0 Å². The first-order valence-corrected chi connectivity index (χ1v) is 14.5. The van der Waals surface area contributed by atoms with Gasteiger partial charge >= 0.3 is 6.18 Å². The number of carbonyl (C=O) groups is 2. The molecule has 0 heterocycles. The Hall–Kier alpha value is -3.57. The minimum atomic E-state index is -4.88. The Kier molecular flexibility index (Phi) is 10.1. The maximum Gasteiger partial charge on any atom is 0.417 e. The molecule has 0 saturated heterocycles. The van der Waals surface area contributed by atoms with E-state index in [4.69, 9.17) is 11.6 Å². The number of rotatable bonds is 10. The van der Waals surface area contributed by atoms with Gasteiger partial charge in [-0.05, 0) is 69.2 Å². The molecule has 220 valence electrons. The molecule has 41 heavy (non-hydrogen) atoms. The number of nitrogens with zero attached hydrogens (tertiary/aromatic N) is 2. The number of carbonyl (C=O) groups excluding carboxylic acids is 2. The monoisotopic (exact) mass is 609 g/mol. The van der Waals surface area contributed by atoms with Gasteiger partial charge in [0.1, 0.15) is 12.6 Å². The highest BCUT2D eigenvalue weighted by Crippen LogP contribution is 2.38. The van der Waals surface area contributed by atoms with Crippen molar-refractivity contribution < 1.29 is 31.2 Å². The molecule has 0 aliphatic carbocycles. The van der Waals surface area contributed by atoms with Gasteiger partial charge in [-0.2, -0.15) is 13.2 Å². The van der Waals surface area contributed by atoms with Crippen LogP contribution in [0.25, 0.3) is 0 Å². The van der Waals surface area contributed by atoms with Crippen LogP contribution in [-0.2, 0) is 32.3 Å². The second-order valence-corrected chi connectivity index (χ2v) is 12.0. The Morgan fingerprint density at radius 3 is 2.15 bits per heavy atom. The van der Waals surface area contributed by atoms with Crippen LogP contribution in [0.15, 0.2) is 77.7 Å². The van der Waals surface area contributed by atoms with E-state index in [2.05, 4.69) is 5.32 Å². The SMILES string of the molecule is Cc1ccccc1CN(C(=O)CN(c1ccc(Cl)c(C(F)(F)F)c1)S(=O)(=O)c1ccccc1)[C@H](C)C(=O)NC(C)C. The van der Waals surface area contributed by atoms with Crippen molar-refractivity contribution in [1.29, 1.82) is 0 Å². The number of amides is 2. The zero-order valence-electron chi connectivity index (χ0n) is 22.9. The number of alkyl halides is 3. The first-order valence-electron chi connectivity index (χ1n) is 12.7. The van der Waals surface area contributed by atoms with Gasteiger partial charge in [0.15, 0.2) is 0 Å². The number of benzene rings is 3. The van der Waals surface area contributed by atoms with Crippen molar-refractivity contribution in [1.82, 2.24) is 10.2 Å². The molecule has 1 N–H and O–H groups in total. The van der Waals surface area contributed by atoms with Gasteiger partial charge in [-0.15, -0.1) is 0 Å². The molecule has 12 heteroatoms. The first kappa shape index (κ1) is 32.0. The Labute approximate surface area is 243 Å². The van der Waals surface area contributed by atoms with Gasteiger partial charge in [-0.25, -0.2) is 8.42 Å². The van der Waals surface area contributed by atoms with Gasteiger partial charge in [0, 0.05) is 12.6 Å². The fourth-order valence-corrected chi connectivity index (χ4v) is 5.74. The third kappa shape index (κ3) is 7.80. The van der Waals surface area contributed by atoms with Crippen LogP contribution in [0.3, 0.4) is 0 Å². The lowest BCUT2D eigenvalue weighted by Gasteiger charge is -2.32. The van der Waals surface area contributed by atoms with Gasteiger partial charge in [0.05, 0.1) is 21.2 Å². The van der Waals surface area contributed by atoms with Crippen LogP contribution in [0.1, 0.15) is 37.5 Å². The van der Waals surface area contributed by atoms with Crippen LogP contribution < -0.4 is 9.62 Å². The Bertz CT molecular complexity index is 1500. The molecule has 3 rings (SSSR count). The summed E-state index contributed by atoms with van der Waals surface area (Å²) in [7, 11) is -4.53. The highest BCUT2D eigenvalue weighted by molar-refractivity contribution is 7.92. The molecule has 2 amide bonds. The summed E-state index contributed by atoms with van der Waals surface area (Å²) < 4.78 is 69.3. The maximum atomic E-state index is 13.9. The van der Waals surface area contributed by atoms with Crippen molar-refractivity contribution in [2.75, 3.05) is 10.8 Å². The fourth-order valence-electron chi connectivity index (χ4n) is 4.09. The van der Waals surface area contributed by atoms with Crippen molar-refractivity contribution in [2.45, 2.75) is 57.4 Å². The Balaban J connectivity index is 2.12. The molecule has 3 aromatic rings. The average molecular weight is 610 g/mol. The fraction of sp³-hybridized carbons (Fsp3) is 0.310. The molecule has 7 nitrogen and oxygen atoms in total. The van der Waals surface area contributed by atoms with E-state index in [0.29, 0.717) is 15.9 Å². The maximum absolute atomic E-state index is 13.9. The zero-order valence-corrected chi connectivity index (χ0v) is 24.5. The van der Waals surface area contributed by atoms with E-state index in [1.54, 1.807) is 32.0 Å². The lowest BCUT2D eigenvalue weighted by Crippen LogP contribution is -2.52. The minimum absolute atomic E-state index is 0.0359. The predicted octanol–water partition coefficient (Wildman–Crippen LogP) is 5.80. The molecule has 0 aromatic heterocycles. The molecule has 1 atom stereocenters. The van der Waals surface area contributed by atoms with Gasteiger partial charge in [-0.1, -0.05) is 54.1 Å². The van der Waals surface area contributed by atoms with Crippen molar-refractivity contribution >= 4 is 39.1 Å². The molecule has 0 radical (unpaired) electrons. The number of halogens is 4. The molecular weight excluding hydrogens is 579 g/mol. The molecule has 0 fully saturated rings. The van der Waals surface area contributed by atoms with Crippen molar-refractivity contribution in [3.63, 3.8) is 0 Å². The Morgan fingerprint density at radius 2 is 1.56 bits per heavy atom. The summed E-state index contributed by atoms with van der Waals surface area (Å²) in [5, 5.41) is 2.12. The number of nitrogens with one attached hydrogen (secondary N) is 1. The second kappa shape index (κ2) is 12.9. The summed E-state index contributed by atoms with van der Waals surface area (Å²) in [6.07, 6.45) is -4.88. The van der Waals surface area contributed by atoms with E-state index in [0.717, 1.165) is 17.7 Å². The topological polar surface area (TPSA) is 86.8 Å². The molecule has 0 aliphatic rings. The molecule has 0 spiro atoms. The van der Waals surface area contributed by atoms with E-state index in [-0.39, 0.29) is 17.5 Å². The summed E-state index contributed by atoms with van der Waals surface area (Å²) >= 11 is 5.79. The summed E-state index contributed by atoms with van der Waals surface area (Å²) in [6, 6.07) is 15.6. The molecule has 3 aromatic carbocycles. The summed E-state index contributed by atoms with van der Waals surface area (Å²) in [4.78, 5) is 27.8. The van der Waals surface area contributed by atoms with Crippen LogP contribution in [-0.4, -0.2) is 43.8 Å². The minimum Gasteiger partial charge on any atom is -0.352 e. The summed E-state index contributed by atoms with van der Waals surface area (Å²) in [6.45, 7) is 5.94. The molecule has 0 bridgehead atoms. The quantitative estimate of drug-likeness (QED) is 0.315. The molecule has 0 unspecified atom stereocenters. The van der Waals surface area contributed by atoms with Crippen LogP contribution in [0.4, 0.5) is 18.9 Å². The zero-order chi connectivity index (χ0) is 30.5. The molecule has 0 saturated carbocycles. The molecular formula is C29H31ClF3N3O4S. The van der Waals surface area contributed by atoms with Gasteiger partial charge < -0.3 is 10.2 Å². The van der Waals surface area contributed by atoms with Crippen LogP contribution in [0.2, 0.25) is 5.02 Å². The van der Waals surface area contributed by atoms with Crippen LogP contribution in [0, 0.1) is 6.92 Å². The smallest absolute Gasteiger partial charge is 0.352 e. The second-order valence-electron chi connectivity index (χ2n) is 9.77. The third-order valence-electron chi connectivity index (χ3n) is 6.35. The van der Waals surface area contributed by atoms with Gasteiger partial charge in [0.25, 0.3) is 10.0 Å². The van der Waals surface area contributed by atoms with Crippen LogP contribution >= 0.6 is 11.6 Å². The van der Waals surface area contributed by atoms with Crippen molar-refractivity contribution in [3.05, 3.63) is 94.5 Å². The Morgan fingerprint density at radius 1 is 0.951 bits per heavy atom. The van der Waals surface area contributed by atoms with E-state index in [1.807, 2.05) is 19.1 Å². The number of sulfonamides is 1. The average Bonchev–Trinajstić information content (AvgIpc) is 2.90. The molecule has 0 aliphatic heterocycles. The summed E-state index contributed by atoms with van der Waals surface area (Å²) in [5.74, 6) is -1.26. The predicted molar refractivity (Wildman–Crippen MR) is 152 cm³/mol. The number of aryl methyl sites for hydroxylation is 1. The normalized spacial score (nSPS) is 12.6. The highest BCUT2D eigenvalue weighted by Gasteiger charge is 2.37. The highest BCUT2D eigenvalue weighted by atomic mass is 35.5. The van der Waals surface area contributed by atoms with Gasteiger partial charge in [0.2, 0.25) is 11.8 Å². The lowest BCUT2D eigenvalue weighted by molar-refractivity contribution is -0.139. The van der Waals surface area contributed by atoms with E-state index in [9.17, 15) is 31.2 Å². The van der Waals surface area contributed by atoms with E-state index >= 15 is 0 Å². The first-order chi connectivity index (χ1) is 19.1. The summed E-state index contributed by atoms with van der Waals surface area (Å²) in [5.41, 5.74) is -0.107. The third-order valence-corrected chi connectivity index (χ3v) is 8.47. The standard InChI is InChI=1S/C29H31ClF3N3O4S/c1-19(2)34-28(38)21(4)35(17-22-11-9-8-10-20(22)3)27(37)18-36(41(39,40)24-12-6-5-7-13-24)23-14-15-26(30)25(16-23)29(31,32)33/h5-16,19,21H,17-18H2,1-4H3,(H,34,38)/t21-/m1/s1. The largest absolute Gasteiger partial charge is 0.417 e. The number of hydrogen-bond donors (Lipinski definition) is 1. The van der Waals surface area contributed by atoms with Gasteiger partial charge in [-0.3, -0.25) is 13.9 Å². The van der Waals surface area contributed by atoms with E-state index < -0.39 is 56.9 Å².